The molecule has 1 amide bonds. The Morgan fingerprint density at radius 1 is 1.41 bits per heavy atom. The van der Waals surface area contributed by atoms with Crippen molar-refractivity contribution in [3.8, 4) is 0 Å². The van der Waals surface area contributed by atoms with Crippen LogP contribution in [0.5, 0.6) is 0 Å². The number of anilines is 1. The van der Waals surface area contributed by atoms with Crippen molar-refractivity contribution in [1.29, 1.82) is 0 Å². The quantitative estimate of drug-likeness (QED) is 0.924. The molecule has 5 rings (SSSR count). The molecule has 3 atom stereocenters. The molecule has 0 aliphatic heterocycles. The topological polar surface area (TPSA) is 46.9 Å². The van der Waals surface area contributed by atoms with Gasteiger partial charge in [0.15, 0.2) is 0 Å². The Morgan fingerprint density at radius 2 is 2.27 bits per heavy atom. The van der Waals surface area contributed by atoms with Crippen molar-refractivity contribution < 1.29 is 4.79 Å². The van der Waals surface area contributed by atoms with Crippen molar-refractivity contribution >= 4 is 11.6 Å². The van der Waals surface area contributed by atoms with Crippen LogP contribution in [-0.4, -0.2) is 15.7 Å². The van der Waals surface area contributed by atoms with Crippen LogP contribution in [0.3, 0.4) is 0 Å². The molecule has 1 N–H and O–H groups in total. The molecule has 2 saturated carbocycles. The van der Waals surface area contributed by atoms with Gasteiger partial charge < -0.3 is 5.32 Å². The molecule has 4 nitrogen and oxygen atoms in total. The number of carbonyl (C=O) groups excluding carboxylic acids is 1. The van der Waals surface area contributed by atoms with E-state index < -0.39 is 0 Å². The van der Waals surface area contributed by atoms with Gasteiger partial charge in [0.05, 0.1) is 11.3 Å². The second-order valence-corrected chi connectivity index (χ2v) is 7.09. The highest BCUT2D eigenvalue weighted by atomic mass is 16.1. The molecular formula is C18H19N3O. The lowest BCUT2D eigenvalue weighted by molar-refractivity contribution is 0.102. The fourth-order valence-corrected chi connectivity index (χ4v) is 5.07. The Morgan fingerprint density at radius 3 is 3.00 bits per heavy atom. The zero-order chi connectivity index (χ0) is 15.1. The van der Waals surface area contributed by atoms with Gasteiger partial charge in [-0.15, -0.1) is 0 Å². The third-order valence-corrected chi connectivity index (χ3v) is 6.04. The van der Waals surface area contributed by atoms with E-state index in [9.17, 15) is 4.79 Å². The number of hydrogen-bond donors (Lipinski definition) is 1. The second-order valence-electron chi connectivity index (χ2n) is 7.09. The number of benzene rings is 1. The van der Waals surface area contributed by atoms with Crippen molar-refractivity contribution in [2.24, 2.45) is 13.0 Å². The summed E-state index contributed by atoms with van der Waals surface area (Å²) in [5, 5.41) is 7.38. The molecule has 0 bridgehead atoms. The van der Waals surface area contributed by atoms with Crippen LogP contribution < -0.4 is 5.32 Å². The number of rotatable bonds is 2. The molecule has 1 heterocycles. The maximum absolute atomic E-state index is 12.6. The molecule has 2 fully saturated rings. The zero-order valence-electron chi connectivity index (χ0n) is 12.9. The molecule has 1 aromatic carbocycles. The molecular weight excluding hydrogens is 274 g/mol. The summed E-state index contributed by atoms with van der Waals surface area (Å²) in [6.45, 7) is 1.87. The number of amides is 1. The fourth-order valence-electron chi connectivity index (χ4n) is 5.07. The minimum absolute atomic E-state index is 0.0507. The second kappa shape index (κ2) is 3.80. The maximum atomic E-state index is 12.6. The van der Waals surface area contributed by atoms with Crippen LogP contribution in [0.4, 0.5) is 5.69 Å². The van der Waals surface area contributed by atoms with Crippen LogP contribution in [0.25, 0.3) is 0 Å². The largest absolute Gasteiger partial charge is 0.322 e. The smallest absolute Gasteiger partial charge is 0.259 e. The molecule has 1 aromatic heterocycles. The van der Waals surface area contributed by atoms with E-state index in [-0.39, 0.29) is 5.91 Å². The van der Waals surface area contributed by atoms with Crippen LogP contribution in [0.15, 0.2) is 24.4 Å². The third kappa shape index (κ3) is 1.33. The Hall–Kier alpha value is -2.10. The first-order chi connectivity index (χ1) is 10.6. The number of nitrogens with zero attached hydrogens (tertiary/aromatic N) is 2. The summed E-state index contributed by atoms with van der Waals surface area (Å²) in [7, 11) is 1.84. The Labute approximate surface area is 129 Å². The molecule has 0 saturated heterocycles. The molecule has 3 aliphatic rings. The molecule has 22 heavy (non-hydrogen) atoms. The van der Waals surface area contributed by atoms with Crippen LogP contribution in [0.2, 0.25) is 0 Å². The summed E-state index contributed by atoms with van der Waals surface area (Å²) >= 11 is 0. The Balaban J connectivity index is 1.50. The van der Waals surface area contributed by atoms with Gasteiger partial charge >= 0.3 is 0 Å². The van der Waals surface area contributed by atoms with Crippen molar-refractivity contribution in [1.82, 2.24) is 9.78 Å². The molecule has 1 spiro atoms. The number of aryl methyl sites for hydroxylation is 2. The van der Waals surface area contributed by atoms with Gasteiger partial charge in [-0.3, -0.25) is 9.48 Å². The Bertz CT molecular complexity index is 822. The predicted molar refractivity (Wildman–Crippen MR) is 84.1 cm³/mol. The van der Waals surface area contributed by atoms with Gasteiger partial charge in [0.25, 0.3) is 5.91 Å². The number of carbonyl (C=O) groups is 1. The van der Waals surface area contributed by atoms with Gasteiger partial charge in [-0.1, -0.05) is 12.1 Å². The van der Waals surface area contributed by atoms with Crippen molar-refractivity contribution in [2.45, 2.75) is 37.5 Å². The van der Waals surface area contributed by atoms with E-state index >= 15 is 0 Å². The highest BCUT2D eigenvalue weighted by Crippen LogP contribution is 2.78. The van der Waals surface area contributed by atoms with E-state index in [2.05, 4.69) is 22.5 Å². The van der Waals surface area contributed by atoms with Crippen LogP contribution in [0, 0.1) is 12.8 Å². The van der Waals surface area contributed by atoms with Gasteiger partial charge in [0, 0.05) is 24.3 Å². The molecule has 112 valence electrons. The number of aromatic nitrogens is 2. The van der Waals surface area contributed by atoms with Gasteiger partial charge in [0.2, 0.25) is 0 Å². The first-order valence-corrected chi connectivity index (χ1v) is 8.06. The first kappa shape index (κ1) is 12.4. The van der Waals surface area contributed by atoms with Crippen LogP contribution >= 0.6 is 0 Å². The number of hydrogen-bond acceptors (Lipinski definition) is 2. The van der Waals surface area contributed by atoms with E-state index in [0.717, 1.165) is 17.3 Å². The molecule has 2 aromatic rings. The lowest BCUT2D eigenvalue weighted by Crippen LogP contribution is -2.31. The number of fused-ring (bicyclic) bond motifs is 2. The normalized spacial score (nSPS) is 30.1. The summed E-state index contributed by atoms with van der Waals surface area (Å²) in [6.07, 6.45) is 5.79. The van der Waals surface area contributed by atoms with Gasteiger partial charge in [0.1, 0.15) is 0 Å². The summed E-state index contributed by atoms with van der Waals surface area (Å²) in [5.74, 6) is 1.54. The lowest BCUT2D eigenvalue weighted by Gasteiger charge is -2.40. The molecule has 4 heteroatoms. The highest BCUT2D eigenvalue weighted by Gasteiger charge is 2.70. The van der Waals surface area contributed by atoms with Crippen molar-refractivity contribution in [3.05, 3.63) is 46.8 Å². The minimum atomic E-state index is -0.0507. The third-order valence-electron chi connectivity index (χ3n) is 6.04. The summed E-state index contributed by atoms with van der Waals surface area (Å²) < 4.78 is 1.69. The van der Waals surface area contributed by atoms with E-state index in [1.54, 1.807) is 10.9 Å². The summed E-state index contributed by atoms with van der Waals surface area (Å²) in [6, 6.07) is 6.40. The van der Waals surface area contributed by atoms with Crippen molar-refractivity contribution in [3.63, 3.8) is 0 Å². The van der Waals surface area contributed by atoms with E-state index in [1.165, 1.54) is 30.4 Å². The highest BCUT2D eigenvalue weighted by molar-refractivity contribution is 6.05. The van der Waals surface area contributed by atoms with E-state index in [4.69, 9.17) is 0 Å². The summed E-state index contributed by atoms with van der Waals surface area (Å²) in [4.78, 5) is 12.6. The van der Waals surface area contributed by atoms with E-state index in [0.29, 0.717) is 16.9 Å². The van der Waals surface area contributed by atoms with Gasteiger partial charge in [-0.2, -0.15) is 5.10 Å². The molecule has 3 unspecified atom stereocenters. The average molecular weight is 293 g/mol. The van der Waals surface area contributed by atoms with Crippen molar-refractivity contribution in [2.75, 3.05) is 5.32 Å². The first-order valence-electron chi connectivity index (χ1n) is 8.06. The fraction of sp³-hybridized carbons (Fsp3) is 0.444. The van der Waals surface area contributed by atoms with E-state index in [1.807, 2.05) is 20.0 Å². The van der Waals surface area contributed by atoms with Crippen LogP contribution in [-0.2, 0) is 12.5 Å². The molecule has 3 aliphatic carbocycles. The minimum Gasteiger partial charge on any atom is -0.322 e. The lowest BCUT2D eigenvalue weighted by atomic mass is 9.65. The van der Waals surface area contributed by atoms with Gasteiger partial charge in [-0.25, -0.2) is 0 Å². The molecule has 0 radical (unpaired) electrons. The SMILES string of the molecule is Cc1nn(C)cc1C(=O)Nc1cccc2c1C1CCC3CC231. The maximum Gasteiger partial charge on any atom is 0.259 e. The standard InChI is InChI=1S/C18H19N3O/c1-10-12(9-21(2)20-10)17(22)19-15-5-3-4-13-16(15)14-7-6-11-8-18(11,13)14/h3-5,9,11,14H,6-8H2,1-2H3,(H,19,22). The number of nitrogens with one attached hydrogen (secondary N) is 1. The predicted octanol–water partition coefficient (Wildman–Crippen LogP) is 3.13. The zero-order valence-corrected chi connectivity index (χ0v) is 12.9. The average Bonchev–Trinajstić information content (AvgIpc) is 3.03. The monoisotopic (exact) mass is 293 g/mol. The summed E-state index contributed by atoms with van der Waals surface area (Å²) in [5.41, 5.74) is 5.84. The van der Waals surface area contributed by atoms with Gasteiger partial charge in [-0.05, 0) is 55.2 Å². The Kier molecular flexibility index (Phi) is 2.15. The van der Waals surface area contributed by atoms with Crippen LogP contribution in [0.1, 0.15) is 52.4 Å².